The summed E-state index contributed by atoms with van der Waals surface area (Å²) in [4.78, 5) is 21.7. The average Bonchev–Trinajstić information content (AvgIpc) is 2.78. The van der Waals surface area contributed by atoms with Gasteiger partial charge in [-0.05, 0) is 47.4 Å². The van der Waals surface area contributed by atoms with E-state index in [-0.39, 0.29) is 11.3 Å². The number of anilines is 1. The summed E-state index contributed by atoms with van der Waals surface area (Å²) in [5, 5.41) is 6.05. The fourth-order valence-electron chi connectivity index (χ4n) is 2.90. The molecule has 0 aliphatic rings. The highest BCUT2D eigenvalue weighted by molar-refractivity contribution is 6.10. The second kappa shape index (κ2) is 9.89. The fourth-order valence-corrected chi connectivity index (χ4v) is 2.90. The number of carbonyl (C=O) groups excluding carboxylic acids is 1. The molecule has 1 heterocycles. The summed E-state index contributed by atoms with van der Waals surface area (Å²) < 4.78 is 5.28. The van der Waals surface area contributed by atoms with Crippen molar-refractivity contribution in [1.29, 1.82) is 0 Å². The van der Waals surface area contributed by atoms with E-state index in [1.165, 1.54) is 5.56 Å². The normalized spacial score (nSPS) is 11.7. The first-order chi connectivity index (χ1) is 14.8. The third-order valence-electron chi connectivity index (χ3n) is 4.70. The molecule has 1 amide bonds. The highest BCUT2D eigenvalue weighted by atomic mass is 16.5. The Bertz CT molecular complexity index is 1040. The predicted octanol–water partition coefficient (Wildman–Crippen LogP) is 4.79. The van der Waals surface area contributed by atoms with Crippen molar-refractivity contribution in [3.8, 4) is 5.75 Å². The van der Waals surface area contributed by atoms with Gasteiger partial charge in [0.1, 0.15) is 5.75 Å². The molecule has 6 heteroatoms. The molecular weight excluding hydrogens is 388 g/mol. The molecule has 0 aliphatic carbocycles. The molecule has 0 saturated carbocycles. The van der Waals surface area contributed by atoms with E-state index in [1.807, 2.05) is 66.7 Å². The highest BCUT2D eigenvalue weighted by Crippen LogP contribution is 2.22. The summed E-state index contributed by atoms with van der Waals surface area (Å²) in [6.07, 6.45) is 1.72. The van der Waals surface area contributed by atoms with Crippen molar-refractivity contribution in [3.63, 3.8) is 0 Å². The number of nitrogens with zero attached hydrogens (tertiary/aromatic N) is 2. The van der Waals surface area contributed by atoms with Crippen molar-refractivity contribution in [2.24, 2.45) is 4.99 Å². The first-order valence-corrected chi connectivity index (χ1v) is 10.1. The molecule has 3 aromatic rings. The summed E-state index contributed by atoms with van der Waals surface area (Å²) >= 11 is 0. The number of rotatable bonds is 5. The van der Waals surface area contributed by atoms with Gasteiger partial charge in [-0.3, -0.25) is 15.1 Å². The summed E-state index contributed by atoms with van der Waals surface area (Å²) in [5.74, 6) is 0.803. The van der Waals surface area contributed by atoms with Crippen molar-refractivity contribution in [2.45, 2.75) is 32.7 Å². The van der Waals surface area contributed by atoms with Gasteiger partial charge in [-0.2, -0.15) is 0 Å². The monoisotopic (exact) mass is 416 g/mol. The average molecular weight is 417 g/mol. The molecule has 6 nitrogen and oxygen atoms in total. The fraction of sp³-hybridized carbons (Fsp3) is 0.240. The molecule has 0 saturated heterocycles. The number of pyridine rings is 1. The first kappa shape index (κ1) is 22.0. The molecule has 3 rings (SSSR count). The molecule has 1 aromatic heterocycles. The van der Waals surface area contributed by atoms with Crippen LogP contribution in [-0.2, 0) is 12.0 Å². The molecule has 0 bridgehead atoms. The lowest BCUT2D eigenvalue weighted by Crippen LogP contribution is -2.36. The number of methoxy groups -OCH3 is 1. The van der Waals surface area contributed by atoms with E-state index < -0.39 is 0 Å². The Labute approximate surface area is 183 Å². The third-order valence-corrected chi connectivity index (χ3v) is 4.70. The molecule has 0 radical (unpaired) electrons. The van der Waals surface area contributed by atoms with Crippen molar-refractivity contribution >= 4 is 17.6 Å². The minimum atomic E-state index is -0.240. The molecule has 0 aliphatic heterocycles. The van der Waals surface area contributed by atoms with Crippen LogP contribution in [-0.4, -0.2) is 24.0 Å². The van der Waals surface area contributed by atoms with E-state index in [9.17, 15) is 4.79 Å². The lowest BCUT2D eigenvalue weighted by atomic mass is 9.87. The van der Waals surface area contributed by atoms with E-state index in [1.54, 1.807) is 13.3 Å². The Morgan fingerprint density at radius 3 is 2.45 bits per heavy atom. The lowest BCUT2D eigenvalue weighted by molar-refractivity contribution is 0.0977. The molecule has 2 aromatic carbocycles. The van der Waals surface area contributed by atoms with Crippen molar-refractivity contribution < 1.29 is 9.53 Å². The number of aliphatic imine (C=N–C) groups is 1. The standard InChI is InChI=1S/C25H28N4O2/c1-25(2,3)19-13-11-18(12-14-19)23(30)29-24(27-17-21-8-5-6-15-26-21)28-20-9-7-10-22(16-20)31-4/h5-16H,17H2,1-4H3,(H2,27,28,29,30). The highest BCUT2D eigenvalue weighted by Gasteiger charge is 2.15. The Morgan fingerprint density at radius 2 is 1.81 bits per heavy atom. The molecule has 0 fully saturated rings. The molecule has 0 spiro atoms. The van der Waals surface area contributed by atoms with Crippen molar-refractivity contribution in [1.82, 2.24) is 10.3 Å². The zero-order valence-electron chi connectivity index (χ0n) is 18.3. The van der Waals surface area contributed by atoms with Gasteiger partial charge in [-0.15, -0.1) is 0 Å². The van der Waals surface area contributed by atoms with Gasteiger partial charge in [-0.1, -0.05) is 45.0 Å². The van der Waals surface area contributed by atoms with Gasteiger partial charge < -0.3 is 10.1 Å². The Morgan fingerprint density at radius 1 is 1.03 bits per heavy atom. The van der Waals surface area contributed by atoms with Crippen LogP contribution >= 0.6 is 0 Å². The topological polar surface area (TPSA) is 75.6 Å². The Kier molecular flexibility index (Phi) is 7.03. The minimum absolute atomic E-state index is 0.0260. The van der Waals surface area contributed by atoms with Gasteiger partial charge in [0.2, 0.25) is 5.96 Å². The quantitative estimate of drug-likeness (QED) is 0.463. The van der Waals surface area contributed by atoms with E-state index in [4.69, 9.17) is 4.74 Å². The van der Waals surface area contributed by atoms with Crippen LogP contribution in [0.2, 0.25) is 0 Å². The summed E-state index contributed by atoms with van der Waals surface area (Å²) in [6.45, 7) is 6.75. The van der Waals surface area contributed by atoms with Crippen molar-refractivity contribution in [2.75, 3.05) is 12.4 Å². The van der Waals surface area contributed by atoms with Gasteiger partial charge >= 0.3 is 0 Å². The minimum Gasteiger partial charge on any atom is -0.497 e. The summed E-state index contributed by atoms with van der Waals surface area (Å²) in [6, 6.07) is 20.7. The Balaban J connectivity index is 1.80. The van der Waals surface area contributed by atoms with Gasteiger partial charge in [0.05, 0.1) is 19.3 Å². The second-order valence-electron chi connectivity index (χ2n) is 8.12. The number of aromatic nitrogens is 1. The van der Waals surface area contributed by atoms with Crippen LogP contribution in [0, 0.1) is 0 Å². The third kappa shape index (κ3) is 6.40. The van der Waals surface area contributed by atoms with Crippen LogP contribution in [0.3, 0.4) is 0 Å². The number of nitrogens with one attached hydrogen (secondary N) is 2. The molecular formula is C25H28N4O2. The van der Waals surface area contributed by atoms with Crippen LogP contribution in [0.25, 0.3) is 0 Å². The summed E-state index contributed by atoms with van der Waals surface area (Å²) in [5.41, 5.74) is 3.31. The number of hydrogen-bond donors (Lipinski definition) is 2. The van der Waals surface area contributed by atoms with Crippen LogP contribution in [0.4, 0.5) is 5.69 Å². The smallest absolute Gasteiger partial charge is 0.257 e. The summed E-state index contributed by atoms with van der Waals surface area (Å²) in [7, 11) is 1.61. The van der Waals surface area contributed by atoms with Crippen LogP contribution < -0.4 is 15.4 Å². The van der Waals surface area contributed by atoms with Crippen LogP contribution in [0.15, 0.2) is 77.9 Å². The van der Waals surface area contributed by atoms with Crippen molar-refractivity contribution in [3.05, 3.63) is 89.7 Å². The van der Waals surface area contributed by atoms with Gasteiger partial charge in [0, 0.05) is 23.5 Å². The molecule has 160 valence electrons. The number of benzene rings is 2. The number of ether oxygens (including phenoxy) is 1. The second-order valence-corrected chi connectivity index (χ2v) is 8.12. The Hall–Kier alpha value is -3.67. The zero-order chi connectivity index (χ0) is 22.3. The first-order valence-electron chi connectivity index (χ1n) is 10.1. The maximum atomic E-state index is 12.9. The maximum absolute atomic E-state index is 12.9. The number of guanidine groups is 1. The number of amides is 1. The molecule has 2 N–H and O–H groups in total. The number of hydrogen-bond acceptors (Lipinski definition) is 4. The molecule has 0 atom stereocenters. The van der Waals surface area contributed by atoms with Gasteiger partial charge in [0.25, 0.3) is 5.91 Å². The maximum Gasteiger partial charge on any atom is 0.257 e. The van der Waals surface area contributed by atoms with Crippen LogP contribution in [0.5, 0.6) is 5.75 Å². The van der Waals surface area contributed by atoms with E-state index in [0.29, 0.717) is 23.8 Å². The largest absolute Gasteiger partial charge is 0.497 e. The van der Waals surface area contributed by atoms with Gasteiger partial charge in [-0.25, -0.2) is 4.99 Å². The zero-order valence-corrected chi connectivity index (χ0v) is 18.3. The van der Waals surface area contributed by atoms with Gasteiger partial charge in [0.15, 0.2) is 0 Å². The predicted molar refractivity (Wildman–Crippen MR) is 125 cm³/mol. The van der Waals surface area contributed by atoms with E-state index in [0.717, 1.165) is 11.4 Å². The van der Waals surface area contributed by atoms with Crippen LogP contribution in [0.1, 0.15) is 42.4 Å². The van der Waals surface area contributed by atoms with E-state index in [2.05, 4.69) is 41.4 Å². The van der Waals surface area contributed by atoms with E-state index >= 15 is 0 Å². The SMILES string of the molecule is COc1cccc(NC(=NCc2ccccn2)NC(=O)c2ccc(C(C)(C)C)cc2)c1. The lowest BCUT2D eigenvalue weighted by Gasteiger charge is -2.19. The number of carbonyl (C=O) groups is 1. The molecule has 31 heavy (non-hydrogen) atoms. The molecule has 0 unspecified atom stereocenters.